The van der Waals surface area contributed by atoms with Crippen molar-refractivity contribution in [3.63, 3.8) is 0 Å². The second-order valence-corrected chi connectivity index (χ2v) is 5.08. The van der Waals surface area contributed by atoms with Crippen LogP contribution in [0.1, 0.15) is 29.8 Å². The summed E-state index contributed by atoms with van der Waals surface area (Å²) in [5.74, 6) is -0.314. The second-order valence-electron chi connectivity index (χ2n) is 4.64. The van der Waals surface area contributed by atoms with Crippen molar-refractivity contribution in [2.45, 2.75) is 20.0 Å². The normalized spacial score (nSPS) is 10.7. The summed E-state index contributed by atoms with van der Waals surface area (Å²) in [4.78, 5) is 12.2. The van der Waals surface area contributed by atoms with Crippen LogP contribution < -0.4 is 4.74 Å². The second kappa shape index (κ2) is 6.06. The van der Waals surface area contributed by atoms with Gasteiger partial charge in [0.1, 0.15) is 11.6 Å². The van der Waals surface area contributed by atoms with Crippen LogP contribution in [0, 0.1) is 5.82 Å². The number of hydrogen-bond donors (Lipinski definition) is 0. The van der Waals surface area contributed by atoms with E-state index in [1.54, 1.807) is 24.3 Å². The highest BCUT2D eigenvalue weighted by Crippen LogP contribution is 2.20. The summed E-state index contributed by atoms with van der Waals surface area (Å²) >= 11 is 5.79. The predicted octanol–water partition coefficient (Wildman–Crippen LogP) is 4.50. The van der Waals surface area contributed by atoms with Crippen LogP contribution in [0.5, 0.6) is 5.75 Å². The number of carbonyl (C=O) groups excluding carboxylic acids is 1. The maximum absolute atomic E-state index is 13.7. The molecule has 0 aliphatic heterocycles. The first-order valence-corrected chi connectivity index (χ1v) is 6.61. The van der Waals surface area contributed by atoms with Gasteiger partial charge in [-0.3, -0.25) is 4.79 Å². The van der Waals surface area contributed by atoms with E-state index in [1.807, 2.05) is 13.8 Å². The molecule has 0 amide bonds. The minimum absolute atomic E-state index is 0.0324. The first-order valence-electron chi connectivity index (χ1n) is 6.24. The maximum atomic E-state index is 13.7. The van der Waals surface area contributed by atoms with Gasteiger partial charge in [-0.05, 0) is 56.3 Å². The molecule has 0 spiro atoms. The summed E-state index contributed by atoms with van der Waals surface area (Å²) in [6, 6.07) is 10.5. The molecule has 4 heteroatoms. The van der Waals surface area contributed by atoms with Gasteiger partial charge in [0.25, 0.3) is 0 Å². The topological polar surface area (TPSA) is 26.3 Å². The number of benzene rings is 2. The van der Waals surface area contributed by atoms with E-state index in [0.717, 1.165) is 0 Å². The lowest BCUT2D eigenvalue weighted by Gasteiger charge is -2.10. The van der Waals surface area contributed by atoms with Gasteiger partial charge in [-0.2, -0.15) is 0 Å². The Balaban J connectivity index is 2.27. The Morgan fingerprint density at radius 3 is 2.40 bits per heavy atom. The Kier molecular flexibility index (Phi) is 4.40. The van der Waals surface area contributed by atoms with E-state index in [0.29, 0.717) is 16.3 Å². The van der Waals surface area contributed by atoms with Crippen LogP contribution in [0.4, 0.5) is 4.39 Å². The van der Waals surface area contributed by atoms with Crippen molar-refractivity contribution in [3.8, 4) is 5.75 Å². The molecule has 2 aromatic rings. The highest BCUT2D eigenvalue weighted by atomic mass is 35.5. The Morgan fingerprint density at radius 1 is 1.15 bits per heavy atom. The molecule has 0 unspecified atom stereocenters. The van der Waals surface area contributed by atoms with Crippen molar-refractivity contribution >= 4 is 17.4 Å². The van der Waals surface area contributed by atoms with Crippen LogP contribution in [0.15, 0.2) is 42.5 Å². The zero-order valence-electron chi connectivity index (χ0n) is 11.2. The van der Waals surface area contributed by atoms with Crippen LogP contribution in [0.2, 0.25) is 5.02 Å². The highest BCUT2D eigenvalue weighted by molar-refractivity contribution is 6.31. The summed E-state index contributed by atoms with van der Waals surface area (Å²) in [5, 5.41) is 0.328. The third-order valence-corrected chi connectivity index (χ3v) is 2.90. The van der Waals surface area contributed by atoms with Crippen molar-refractivity contribution in [2.24, 2.45) is 0 Å². The molecule has 0 aromatic heterocycles. The summed E-state index contributed by atoms with van der Waals surface area (Å²) < 4.78 is 19.1. The Morgan fingerprint density at radius 2 is 1.80 bits per heavy atom. The van der Waals surface area contributed by atoms with Gasteiger partial charge in [0.15, 0.2) is 5.78 Å². The molecule has 0 saturated heterocycles. The van der Waals surface area contributed by atoms with Crippen LogP contribution in [-0.4, -0.2) is 11.9 Å². The van der Waals surface area contributed by atoms with Gasteiger partial charge in [0.2, 0.25) is 0 Å². The standard InChI is InChI=1S/C16H14ClFO2/c1-10(2)20-13-6-3-11(4-7-13)16(19)14-9-12(17)5-8-15(14)18/h3-10H,1-2H3. The molecule has 0 aliphatic rings. The Hall–Kier alpha value is -1.87. The summed E-state index contributed by atoms with van der Waals surface area (Å²) in [7, 11) is 0. The van der Waals surface area contributed by atoms with Crippen molar-refractivity contribution in [2.75, 3.05) is 0 Å². The van der Waals surface area contributed by atoms with Crippen molar-refractivity contribution in [1.82, 2.24) is 0 Å². The molecule has 0 saturated carbocycles. The smallest absolute Gasteiger partial charge is 0.196 e. The Labute approximate surface area is 122 Å². The molecule has 0 bridgehead atoms. The van der Waals surface area contributed by atoms with Gasteiger partial charge >= 0.3 is 0 Å². The van der Waals surface area contributed by atoms with Crippen molar-refractivity contribution in [3.05, 3.63) is 64.4 Å². The van der Waals surface area contributed by atoms with Crippen LogP contribution in [-0.2, 0) is 0 Å². The van der Waals surface area contributed by atoms with E-state index in [-0.39, 0.29) is 11.7 Å². The van der Waals surface area contributed by atoms with Gasteiger partial charge in [-0.15, -0.1) is 0 Å². The first-order chi connectivity index (χ1) is 9.47. The van der Waals surface area contributed by atoms with Gasteiger partial charge in [-0.1, -0.05) is 11.6 Å². The average Bonchev–Trinajstić information content (AvgIpc) is 2.41. The number of rotatable bonds is 4. The van der Waals surface area contributed by atoms with Crippen molar-refractivity contribution < 1.29 is 13.9 Å². The minimum atomic E-state index is -0.582. The zero-order valence-corrected chi connectivity index (χ0v) is 11.9. The zero-order chi connectivity index (χ0) is 14.7. The predicted molar refractivity (Wildman–Crippen MR) is 77.0 cm³/mol. The molecule has 0 atom stereocenters. The van der Waals surface area contributed by atoms with E-state index < -0.39 is 11.6 Å². The third-order valence-electron chi connectivity index (χ3n) is 2.66. The van der Waals surface area contributed by atoms with Crippen LogP contribution >= 0.6 is 11.6 Å². The molecule has 2 rings (SSSR count). The van der Waals surface area contributed by atoms with Crippen molar-refractivity contribution in [1.29, 1.82) is 0 Å². The van der Waals surface area contributed by atoms with E-state index in [1.165, 1.54) is 18.2 Å². The fourth-order valence-electron chi connectivity index (χ4n) is 1.78. The lowest BCUT2D eigenvalue weighted by molar-refractivity contribution is 0.103. The third kappa shape index (κ3) is 3.36. The minimum Gasteiger partial charge on any atom is -0.491 e. The van der Waals surface area contributed by atoms with Crippen LogP contribution in [0.25, 0.3) is 0 Å². The lowest BCUT2D eigenvalue weighted by atomic mass is 10.0. The molecule has 0 heterocycles. The maximum Gasteiger partial charge on any atom is 0.196 e. The molecule has 20 heavy (non-hydrogen) atoms. The first kappa shape index (κ1) is 14.5. The molecule has 0 aliphatic carbocycles. The molecular weight excluding hydrogens is 279 g/mol. The lowest BCUT2D eigenvalue weighted by Crippen LogP contribution is -2.07. The summed E-state index contributed by atoms with van der Waals surface area (Å²) in [5.41, 5.74) is 0.359. The molecule has 0 fully saturated rings. The number of ketones is 1. The molecule has 104 valence electrons. The number of ether oxygens (including phenoxy) is 1. The molecular formula is C16H14ClFO2. The van der Waals surface area contributed by atoms with Gasteiger partial charge < -0.3 is 4.74 Å². The van der Waals surface area contributed by atoms with Gasteiger partial charge in [0.05, 0.1) is 11.7 Å². The number of hydrogen-bond acceptors (Lipinski definition) is 2. The fourth-order valence-corrected chi connectivity index (χ4v) is 1.96. The molecule has 0 N–H and O–H groups in total. The summed E-state index contributed by atoms with van der Waals surface area (Å²) in [6.45, 7) is 3.83. The van der Waals surface area contributed by atoms with Gasteiger partial charge in [0, 0.05) is 10.6 Å². The molecule has 2 aromatic carbocycles. The quantitative estimate of drug-likeness (QED) is 0.776. The van der Waals surface area contributed by atoms with Crippen LogP contribution in [0.3, 0.4) is 0 Å². The Bertz CT molecular complexity index is 621. The van der Waals surface area contributed by atoms with E-state index in [4.69, 9.17) is 16.3 Å². The SMILES string of the molecule is CC(C)Oc1ccc(C(=O)c2cc(Cl)ccc2F)cc1. The highest BCUT2D eigenvalue weighted by Gasteiger charge is 2.14. The summed E-state index contributed by atoms with van der Waals surface area (Å²) in [6.07, 6.45) is 0.0573. The molecule has 2 nitrogen and oxygen atoms in total. The van der Waals surface area contributed by atoms with E-state index in [9.17, 15) is 9.18 Å². The largest absolute Gasteiger partial charge is 0.491 e. The molecule has 0 radical (unpaired) electrons. The fraction of sp³-hybridized carbons (Fsp3) is 0.188. The van der Waals surface area contributed by atoms with E-state index >= 15 is 0 Å². The number of carbonyl (C=O) groups is 1. The monoisotopic (exact) mass is 292 g/mol. The number of halogens is 2. The average molecular weight is 293 g/mol. The van der Waals surface area contributed by atoms with Gasteiger partial charge in [-0.25, -0.2) is 4.39 Å². The van der Waals surface area contributed by atoms with E-state index in [2.05, 4.69) is 0 Å².